The van der Waals surface area contributed by atoms with Gasteiger partial charge in [0.05, 0.1) is 11.0 Å². The number of hydrogen-bond donors (Lipinski definition) is 0. The van der Waals surface area contributed by atoms with Gasteiger partial charge in [0.2, 0.25) is 5.95 Å². The number of hydrogen-bond acceptors (Lipinski definition) is 4. The first-order chi connectivity index (χ1) is 27.8. The zero-order chi connectivity index (χ0) is 37.0. The van der Waals surface area contributed by atoms with Crippen molar-refractivity contribution < 1.29 is 4.42 Å². The average Bonchev–Trinajstić information content (AvgIpc) is 3.83. The lowest BCUT2D eigenvalue weighted by Crippen LogP contribution is -2.07. The third-order valence-electron chi connectivity index (χ3n) is 10.7. The molecular weight excluding hydrogens is 685 g/mol. The standard InChI is InChI=1S/C51H32N4O/c1-4-14-33(15-5-1)34-26-28-37(29-27-34)50-52-49(36-18-8-3-9-19-36)53-51(54-50)55-45-25-11-10-20-41(45)43-23-12-21-39(47(43)55)38-30-31-42-44-24-13-22-40(35-16-6-2-7-17-35)48(44)56-46(42)32-38/h1-32H. The van der Waals surface area contributed by atoms with E-state index in [0.29, 0.717) is 17.6 Å². The molecule has 3 aromatic heterocycles. The third kappa shape index (κ3) is 5.29. The minimum atomic E-state index is 0.553. The molecule has 0 aliphatic heterocycles. The molecule has 8 aromatic carbocycles. The number of furan rings is 1. The van der Waals surface area contributed by atoms with Crippen LogP contribution in [0.1, 0.15) is 0 Å². The summed E-state index contributed by atoms with van der Waals surface area (Å²) in [7, 11) is 0. The van der Waals surface area contributed by atoms with Crippen LogP contribution >= 0.6 is 0 Å². The molecule has 0 radical (unpaired) electrons. The van der Waals surface area contributed by atoms with Gasteiger partial charge in [-0.3, -0.25) is 4.57 Å². The summed E-state index contributed by atoms with van der Waals surface area (Å²) in [5.74, 6) is 1.77. The Balaban J connectivity index is 1.13. The first kappa shape index (κ1) is 31.9. The van der Waals surface area contributed by atoms with Gasteiger partial charge in [0, 0.05) is 43.8 Å². The van der Waals surface area contributed by atoms with Crippen molar-refractivity contribution in [2.75, 3.05) is 0 Å². The Morgan fingerprint density at radius 1 is 0.357 bits per heavy atom. The summed E-state index contributed by atoms with van der Waals surface area (Å²) in [4.78, 5) is 15.5. The largest absolute Gasteiger partial charge is 0.455 e. The van der Waals surface area contributed by atoms with Crippen LogP contribution in [0, 0.1) is 0 Å². The molecule has 5 nitrogen and oxygen atoms in total. The highest BCUT2D eigenvalue weighted by atomic mass is 16.3. The second-order valence-corrected chi connectivity index (χ2v) is 14.0. The molecule has 262 valence electrons. The highest BCUT2D eigenvalue weighted by Crippen LogP contribution is 2.41. The minimum Gasteiger partial charge on any atom is -0.455 e. The number of nitrogens with zero attached hydrogens (tertiary/aromatic N) is 4. The molecule has 0 aliphatic carbocycles. The van der Waals surface area contributed by atoms with Crippen molar-refractivity contribution in [3.05, 3.63) is 194 Å². The maximum absolute atomic E-state index is 6.71. The van der Waals surface area contributed by atoms with E-state index in [2.05, 4.69) is 156 Å². The number of para-hydroxylation sites is 3. The predicted molar refractivity (Wildman–Crippen MR) is 229 cm³/mol. The Labute approximate surface area is 322 Å². The SMILES string of the molecule is c1ccc(-c2ccc(-c3nc(-c4ccccc4)nc(-n4c5ccccc5c5cccc(-c6ccc7c(c6)oc6c(-c8ccccc8)cccc67)c54)n3)cc2)cc1. The number of aromatic nitrogens is 4. The molecule has 0 bridgehead atoms. The van der Waals surface area contributed by atoms with E-state index in [1.807, 2.05) is 42.5 Å². The predicted octanol–water partition coefficient (Wildman–Crippen LogP) is 13.2. The fourth-order valence-corrected chi connectivity index (χ4v) is 8.02. The molecule has 3 heterocycles. The van der Waals surface area contributed by atoms with E-state index in [-0.39, 0.29) is 0 Å². The van der Waals surface area contributed by atoms with Crippen molar-refractivity contribution in [1.29, 1.82) is 0 Å². The van der Waals surface area contributed by atoms with Gasteiger partial charge < -0.3 is 4.42 Å². The van der Waals surface area contributed by atoms with Gasteiger partial charge in [-0.25, -0.2) is 4.98 Å². The summed E-state index contributed by atoms with van der Waals surface area (Å²) in [6.07, 6.45) is 0. The van der Waals surface area contributed by atoms with Gasteiger partial charge in [-0.15, -0.1) is 0 Å². The van der Waals surface area contributed by atoms with E-state index in [9.17, 15) is 0 Å². The van der Waals surface area contributed by atoms with Crippen molar-refractivity contribution in [1.82, 2.24) is 19.5 Å². The maximum atomic E-state index is 6.71. The molecule has 0 N–H and O–H groups in total. The first-order valence-corrected chi connectivity index (χ1v) is 18.8. The Kier molecular flexibility index (Phi) is 7.42. The molecule has 11 rings (SSSR count). The number of rotatable bonds is 6. The second kappa shape index (κ2) is 13.0. The lowest BCUT2D eigenvalue weighted by atomic mass is 9.99. The molecule has 5 heteroatoms. The molecule has 11 aromatic rings. The molecule has 0 unspecified atom stereocenters. The van der Waals surface area contributed by atoms with Crippen LogP contribution < -0.4 is 0 Å². The lowest BCUT2D eigenvalue weighted by molar-refractivity contribution is 0.670. The quantitative estimate of drug-likeness (QED) is 0.172. The van der Waals surface area contributed by atoms with Gasteiger partial charge in [0.1, 0.15) is 11.2 Å². The zero-order valence-corrected chi connectivity index (χ0v) is 30.2. The van der Waals surface area contributed by atoms with Crippen molar-refractivity contribution in [3.8, 4) is 62.1 Å². The summed E-state index contributed by atoms with van der Waals surface area (Å²) in [5.41, 5.74) is 12.2. The molecule has 0 aliphatic rings. The molecule has 0 atom stereocenters. The summed E-state index contributed by atoms with van der Waals surface area (Å²) in [6.45, 7) is 0. The van der Waals surface area contributed by atoms with Crippen LogP contribution in [0.4, 0.5) is 0 Å². The van der Waals surface area contributed by atoms with Crippen molar-refractivity contribution in [2.45, 2.75) is 0 Å². The van der Waals surface area contributed by atoms with Crippen LogP contribution in [0.5, 0.6) is 0 Å². The highest BCUT2D eigenvalue weighted by molar-refractivity contribution is 6.15. The molecule has 56 heavy (non-hydrogen) atoms. The first-order valence-electron chi connectivity index (χ1n) is 18.8. The van der Waals surface area contributed by atoms with E-state index < -0.39 is 0 Å². The molecule has 0 spiro atoms. The summed E-state index contributed by atoms with van der Waals surface area (Å²) in [6, 6.07) is 67.3. The summed E-state index contributed by atoms with van der Waals surface area (Å²) >= 11 is 0. The molecule has 0 amide bonds. The van der Waals surface area contributed by atoms with Gasteiger partial charge in [-0.2, -0.15) is 9.97 Å². The van der Waals surface area contributed by atoms with Crippen LogP contribution in [-0.4, -0.2) is 19.5 Å². The monoisotopic (exact) mass is 716 g/mol. The van der Waals surface area contributed by atoms with Crippen LogP contribution in [0.15, 0.2) is 199 Å². The Morgan fingerprint density at radius 3 is 1.62 bits per heavy atom. The Morgan fingerprint density at radius 2 is 0.893 bits per heavy atom. The van der Waals surface area contributed by atoms with Gasteiger partial charge in [0.25, 0.3) is 0 Å². The number of benzene rings is 8. The van der Waals surface area contributed by atoms with Crippen LogP contribution in [-0.2, 0) is 0 Å². The minimum absolute atomic E-state index is 0.553. The van der Waals surface area contributed by atoms with E-state index in [0.717, 1.165) is 88.3 Å². The number of fused-ring (bicyclic) bond motifs is 6. The Bertz CT molecular complexity index is 3220. The molecular formula is C51H32N4O. The van der Waals surface area contributed by atoms with Crippen LogP contribution in [0.2, 0.25) is 0 Å². The van der Waals surface area contributed by atoms with Gasteiger partial charge in [-0.1, -0.05) is 176 Å². The van der Waals surface area contributed by atoms with Crippen LogP contribution in [0.25, 0.3) is 106 Å². The maximum Gasteiger partial charge on any atom is 0.238 e. The molecule has 0 fully saturated rings. The smallest absolute Gasteiger partial charge is 0.238 e. The van der Waals surface area contributed by atoms with Gasteiger partial charge >= 0.3 is 0 Å². The average molecular weight is 717 g/mol. The second-order valence-electron chi connectivity index (χ2n) is 14.0. The van der Waals surface area contributed by atoms with E-state index in [1.54, 1.807) is 0 Å². The zero-order valence-electron chi connectivity index (χ0n) is 30.2. The summed E-state index contributed by atoms with van der Waals surface area (Å²) < 4.78 is 8.91. The summed E-state index contributed by atoms with van der Waals surface area (Å²) in [5, 5.41) is 4.42. The lowest BCUT2D eigenvalue weighted by Gasteiger charge is -2.13. The fraction of sp³-hybridized carbons (Fsp3) is 0. The van der Waals surface area contributed by atoms with E-state index in [1.165, 1.54) is 0 Å². The van der Waals surface area contributed by atoms with Crippen LogP contribution in [0.3, 0.4) is 0 Å². The van der Waals surface area contributed by atoms with Crippen molar-refractivity contribution >= 4 is 43.7 Å². The highest BCUT2D eigenvalue weighted by Gasteiger charge is 2.21. The fourth-order valence-electron chi connectivity index (χ4n) is 8.02. The normalized spacial score (nSPS) is 11.6. The van der Waals surface area contributed by atoms with E-state index >= 15 is 0 Å². The molecule has 0 saturated heterocycles. The van der Waals surface area contributed by atoms with Gasteiger partial charge in [-0.05, 0) is 40.5 Å². The van der Waals surface area contributed by atoms with E-state index in [4.69, 9.17) is 19.4 Å². The third-order valence-corrected chi connectivity index (χ3v) is 10.7. The van der Waals surface area contributed by atoms with Crippen molar-refractivity contribution in [2.24, 2.45) is 0 Å². The molecule has 0 saturated carbocycles. The van der Waals surface area contributed by atoms with Gasteiger partial charge in [0.15, 0.2) is 11.6 Å². The topological polar surface area (TPSA) is 56.7 Å². The van der Waals surface area contributed by atoms with Crippen molar-refractivity contribution in [3.63, 3.8) is 0 Å². The Hall–Kier alpha value is -7.63.